The molecule has 2 heterocycles. The first-order valence-electron chi connectivity index (χ1n) is 8.78. The minimum Gasteiger partial charge on any atom is -0.366 e. The molecule has 2 atom stereocenters. The summed E-state index contributed by atoms with van der Waals surface area (Å²) in [7, 11) is 0. The third-order valence-electron chi connectivity index (χ3n) is 4.84. The maximum Gasteiger partial charge on any atom is 0.258 e. The summed E-state index contributed by atoms with van der Waals surface area (Å²) < 4.78 is 5.63. The Morgan fingerprint density at radius 2 is 2.16 bits per heavy atom. The number of aromatic nitrogens is 2. The highest BCUT2D eigenvalue weighted by Gasteiger charge is 2.40. The average Bonchev–Trinajstić information content (AvgIpc) is 3.47. The Bertz CT molecular complexity index is 840. The molecular weight excluding hydrogens is 320 g/mol. The SMILES string of the molecule is C[C@H](c1nc2ccccc2c(=O)[nH]1)N(C(=O)[C@H]1CNCCO1)C1CC1. The highest BCUT2D eigenvalue weighted by Crippen LogP contribution is 2.34. The zero-order chi connectivity index (χ0) is 17.4. The quantitative estimate of drug-likeness (QED) is 0.864. The normalized spacial score (nSPS) is 21.9. The maximum atomic E-state index is 13.0. The average molecular weight is 342 g/mol. The van der Waals surface area contributed by atoms with Gasteiger partial charge in [-0.05, 0) is 31.9 Å². The number of amides is 1. The smallest absolute Gasteiger partial charge is 0.258 e. The molecule has 4 rings (SSSR count). The number of hydrogen-bond acceptors (Lipinski definition) is 5. The van der Waals surface area contributed by atoms with E-state index in [0.717, 1.165) is 19.4 Å². The summed E-state index contributed by atoms with van der Waals surface area (Å²) in [4.78, 5) is 34.6. The van der Waals surface area contributed by atoms with Gasteiger partial charge in [0.2, 0.25) is 0 Å². The summed E-state index contributed by atoms with van der Waals surface area (Å²) in [5.74, 6) is 0.491. The van der Waals surface area contributed by atoms with Gasteiger partial charge in [0, 0.05) is 19.1 Å². The number of nitrogens with one attached hydrogen (secondary N) is 2. The summed E-state index contributed by atoms with van der Waals surface area (Å²) in [6, 6.07) is 7.14. The zero-order valence-corrected chi connectivity index (χ0v) is 14.2. The Hall–Kier alpha value is -2.25. The molecule has 2 aliphatic rings. The first kappa shape index (κ1) is 16.2. The summed E-state index contributed by atoms with van der Waals surface area (Å²) in [5.41, 5.74) is 0.470. The van der Waals surface area contributed by atoms with Crippen LogP contribution in [0.4, 0.5) is 0 Å². The van der Waals surface area contributed by atoms with Crippen LogP contribution in [-0.4, -0.2) is 52.6 Å². The zero-order valence-electron chi connectivity index (χ0n) is 14.2. The number of para-hydroxylation sites is 1. The molecule has 2 N–H and O–H groups in total. The van der Waals surface area contributed by atoms with Gasteiger partial charge in [0.1, 0.15) is 11.9 Å². The van der Waals surface area contributed by atoms with Gasteiger partial charge in [-0.3, -0.25) is 9.59 Å². The van der Waals surface area contributed by atoms with Crippen molar-refractivity contribution in [3.05, 3.63) is 40.4 Å². The number of fused-ring (bicyclic) bond motifs is 1. The molecule has 1 saturated carbocycles. The predicted molar refractivity (Wildman–Crippen MR) is 93.3 cm³/mol. The Labute approximate surface area is 145 Å². The number of rotatable bonds is 4. The molecule has 132 valence electrons. The summed E-state index contributed by atoms with van der Waals surface area (Å²) in [6.45, 7) is 3.74. The van der Waals surface area contributed by atoms with Crippen LogP contribution in [0.1, 0.15) is 31.6 Å². The lowest BCUT2D eigenvalue weighted by Gasteiger charge is -2.33. The predicted octanol–water partition coefficient (Wildman–Crippen LogP) is 0.963. The van der Waals surface area contributed by atoms with E-state index in [1.165, 1.54) is 0 Å². The summed E-state index contributed by atoms with van der Waals surface area (Å²) >= 11 is 0. The second kappa shape index (κ2) is 6.57. The van der Waals surface area contributed by atoms with E-state index in [0.29, 0.717) is 29.9 Å². The molecule has 7 nitrogen and oxygen atoms in total. The van der Waals surface area contributed by atoms with Crippen LogP contribution >= 0.6 is 0 Å². The number of benzene rings is 1. The van der Waals surface area contributed by atoms with Crippen LogP contribution in [0.5, 0.6) is 0 Å². The first-order chi connectivity index (χ1) is 12.1. The largest absolute Gasteiger partial charge is 0.366 e. The number of hydrogen-bond donors (Lipinski definition) is 2. The molecule has 0 spiro atoms. The molecule has 0 radical (unpaired) electrons. The van der Waals surface area contributed by atoms with Crippen LogP contribution < -0.4 is 10.9 Å². The number of carbonyl (C=O) groups excluding carboxylic acids is 1. The highest BCUT2D eigenvalue weighted by molar-refractivity contribution is 5.82. The number of carbonyl (C=O) groups is 1. The topological polar surface area (TPSA) is 87.3 Å². The van der Waals surface area contributed by atoms with Gasteiger partial charge < -0.3 is 19.9 Å². The van der Waals surface area contributed by atoms with E-state index in [1.807, 2.05) is 30.0 Å². The third-order valence-corrected chi connectivity index (χ3v) is 4.84. The molecule has 0 bridgehead atoms. The van der Waals surface area contributed by atoms with Crippen LogP contribution in [0.15, 0.2) is 29.1 Å². The van der Waals surface area contributed by atoms with Crippen molar-refractivity contribution >= 4 is 16.8 Å². The molecule has 1 aromatic carbocycles. The van der Waals surface area contributed by atoms with E-state index in [-0.39, 0.29) is 23.6 Å². The highest BCUT2D eigenvalue weighted by atomic mass is 16.5. The van der Waals surface area contributed by atoms with Gasteiger partial charge in [-0.1, -0.05) is 12.1 Å². The van der Waals surface area contributed by atoms with Gasteiger partial charge in [0.15, 0.2) is 0 Å². The molecule has 1 saturated heterocycles. The molecule has 25 heavy (non-hydrogen) atoms. The van der Waals surface area contributed by atoms with Crippen LogP contribution in [0, 0.1) is 0 Å². The van der Waals surface area contributed by atoms with Gasteiger partial charge in [0.05, 0.1) is 23.6 Å². The van der Waals surface area contributed by atoms with Gasteiger partial charge in [-0.25, -0.2) is 4.98 Å². The lowest BCUT2D eigenvalue weighted by atomic mass is 10.1. The number of H-pyrrole nitrogens is 1. The fourth-order valence-electron chi connectivity index (χ4n) is 3.36. The van der Waals surface area contributed by atoms with Gasteiger partial charge in [-0.15, -0.1) is 0 Å². The van der Waals surface area contributed by atoms with Gasteiger partial charge >= 0.3 is 0 Å². The van der Waals surface area contributed by atoms with Crippen LogP contribution in [-0.2, 0) is 9.53 Å². The molecule has 1 aliphatic carbocycles. The minimum absolute atomic E-state index is 0.0296. The van der Waals surface area contributed by atoms with E-state index < -0.39 is 6.10 Å². The molecule has 1 amide bonds. The Morgan fingerprint density at radius 3 is 2.88 bits per heavy atom. The molecule has 2 aromatic rings. The first-order valence-corrected chi connectivity index (χ1v) is 8.78. The standard InChI is InChI=1S/C18H22N4O3/c1-11(16-20-14-5-3-2-4-13(14)17(23)21-16)22(12-6-7-12)18(24)15-10-19-8-9-25-15/h2-5,11-12,15,19H,6-10H2,1H3,(H,20,21,23)/t11-,15-/m1/s1. The fourth-order valence-corrected chi connectivity index (χ4v) is 3.36. The number of aromatic amines is 1. The van der Waals surface area contributed by atoms with E-state index in [4.69, 9.17) is 4.74 Å². The van der Waals surface area contributed by atoms with Crippen LogP contribution in [0.3, 0.4) is 0 Å². The fraction of sp³-hybridized carbons (Fsp3) is 0.500. The Morgan fingerprint density at radius 1 is 1.36 bits per heavy atom. The summed E-state index contributed by atoms with van der Waals surface area (Å²) in [5, 5.41) is 3.75. The van der Waals surface area contributed by atoms with E-state index in [2.05, 4.69) is 15.3 Å². The monoisotopic (exact) mass is 342 g/mol. The van der Waals surface area contributed by atoms with Crippen molar-refractivity contribution in [3.8, 4) is 0 Å². The van der Waals surface area contributed by atoms with E-state index in [9.17, 15) is 9.59 Å². The van der Waals surface area contributed by atoms with Gasteiger partial charge in [0.25, 0.3) is 11.5 Å². The molecule has 0 unspecified atom stereocenters. The third kappa shape index (κ3) is 3.17. The number of morpholine rings is 1. The number of nitrogens with zero attached hydrogens (tertiary/aromatic N) is 2. The second-order valence-electron chi connectivity index (χ2n) is 6.68. The second-order valence-corrected chi connectivity index (χ2v) is 6.68. The Balaban J connectivity index is 1.66. The number of ether oxygens (including phenoxy) is 1. The van der Waals surface area contributed by atoms with Gasteiger partial charge in [-0.2, -0.15) is 0 Å². The lowest BCUT2D eigenvalue weighted by Crippen LogP contribution is -2.51. The van der Waals surface area contributed by atoms with Crippen molar-refractivity contribution in [2.45, 2.75) is 38.0 Å². The van der Waals surface area contributed by atoms with Crippen molar-refractivity contribution < 1.29 is 9.53 Å². The summed E-state index contributed by atoms with van der Waals surface area (Å²) in [6.07, 6.45) is 1.49. The van der Waals surface area contributed by atoms with Crippen LogP contribution in [0.2, 0.25) is 0 Å². The van der Waals surface area contributed by atoms with Crippen molar-refractivity contribution in [2.24, 2.45) is 0 Å². The Kier molecular flexibility index (Phi) is 4.27. The maximum absolute atomic E-state index is 13.0. The van der Waals surface area contributed by atoms with Crippen molar-refractivity contribution in [1.82, 2.24) is 20.2 Å². The van der Waals surface area contributed by atoms with Crippen molar-refractivity contribution in [2.75, 3.05) is 19.7 Å². The molecule has 2 fully saturated rings. The molecule has 1 aliphatic heterocycles. The van der Waals surface area contributed by atoms with Crippen molar-refractivity contribution in [1.29, 1.82) is 0 Å². The van der Waals surface area contributed by atoms with Crippen molar-refractivity contribution in [3.63, 3.8) is 0 Å². The molecule has 1 aromatic heterocycles. The van der Waals surface area contributed by atoms with Crippen LogP contribution in [0.25, 0.3) is 10.9 Å². The molecule has 7 heteroatoms. The minimum atomic E-state index is -0.469. The molecular formula is C18H22N4O3. The van der Waals surface area contributed by atoms with E-state index in [1.54, 1.807) is 6.07 Å². The van der Waals surface area contributed by atoms with E-state index >= 15 is 0 Å². The lowest BCUT2D eigenvalue weighted by molar-refractivity contribution is -0.148.